The van der Waals surface area contributed by atoms with E-state index in [0.29, 0.717) is 15.6 Å². The van der Waals surface area contributed by atoms with Crippen molar-refractivity contribution in [2.45, 2.75) is 13.5 Å². The smallest absolute Gasteiger partial charge is 0.272 e. The molecule has 3 nitrogen and oxygen atoms in total. The van der Waals surface area contributed by atoms with Crippen molar-refractivity contribution >= 4 is 65.6 Å². The highest BCUT2D eigenvalue weighted by Crippen LogP contribution is 2.34. The van der Waals surface area contributed by atoms with Crippen LogP contribution in [0, 0.1) is 12.2 Å². The zero-order chi connectivity index (χ0) is 12.2. The van der Waals surface area contributed by atoms with Crippen molar-refractivity contribution in [1.29, 1.82) is 0 Å². The van der Waals surface area contributed by atoms with E-state index in [9.17, 15) is 9.59 Å². The Balaban J connectivity index is 2.66. The third kappa shape index (κ3) is 1.66. The van der Waals surface area contributed by atoms with E-state index in [1.54, 1.807) is 0 Å². The second-order valence-electron chi connectivity index (χ2n) is 3.25. The Kier molecular flexibility index (Phi) is 2.79. The molecule has 17 heavy (non-hydrogen) atoms. The molecule has 3 rings (SSSR count). The van der Waals surface area contributed by atoms with Crippen LogP contribution in [0.15, 0.2) is 9.59 Å². The van der Waals surface area contributed by atoms with E-state index >= 15 is 0 Å². The SMILES string of the molecule is CCn1c(=O)c2sc3sc(=S)sc3sc=2c1=O. The van der Waals surface area contributed by atoms with Gasteiger partial charge in [-0.15, -0.1) is 45.3 Å². The molecule has 0 unspecified atom stereocenters. The molecule has 8 heteroatoms. The molecule has 0 fully saturated rings. The standard InChI is InChI=1S/C9H5NO2S5/c1-2-10-5(11)3-4(6(10)12)15-8-7(14-3)16-9(13)17-8/h2H2,1H3. The molecule has 1 aromatic rings. The average molecular weight is 319 g/mol. The lowest BCUT2D eigenvalue weighted by Gasteiger charge is -1.88. The van der Waals surface area contributed by atoms with E-state index in [-0.39, 0.29) is 11.1 Å². The fourth-order valence-corrected chi connectivity index (χ4v) is 7.71. The summed E-state index contributed by atoms with van der Waals surface area (Å²) in [7, 11) is 0. The van der Waals surface area contributed by atoms with Gasteiger partial charge in [-0.2, -0.15) is 0 Å². The molecule has 0 aliphatic carbocycles. The molecule has 0 aromatic carbocycles. The highest BCUT2D eigenvalue weighted by atomic mass is 32.2. The molecule has 88 valence electrons. The average Bonchev–Trinajstić information content (AvgIpc) is 2.76. The third-order valence-corrected chi connectivity index (χ3v) is 8.01. The number of fused-ring (bicyclic) bond motifs is 1. The Morgan fingerprint density at radius 3 is 1.88 bits per heavy atom. The normalized spacial score (nSPS) is 11.6. The van der Waals surface area contributed by atoms with Crippen molar-refractivity contribution in [3.63, 3.8) is 0 Å². The molecule has 0 bridgehead atoms. The number of hydrogen-bond donors (Lipinski definition) is 0. The van der Waals surface area contributed by atoms with Crippen LogP contribution in [0.2, 0.25) is 0 Å². The molecule has 0 spiro atoms. The monoisotopic (exact) mass is 319 g/mol. The van der Waals surface area contributed by atoms with Gasteiger partial charge >= 0.3 is 0 Å². The van der Waals surface area contributed by atoms with E-state index < -0.39 is 0 Å². The lowest BCUT2D eigenvalue weighted by Crippen LogP contribution is -2.24. The highest BCUT2D eigenvalue weighted by Gasteiger charge is 2.12. The van der Waals surface area contributed by atoms with Crippen LogP contribution in [0.25, 0.3) is 8.03 Å². The number of aromatic nitrogens is 1. The van der Waals surface area contributed by atoms with Gasteiger partial charge < -0.3 is 0 Å². The molecular weight excluding hydrogens is 314 g/mol. The summed E-state index contributed by atoms with van der Waals surface area (Å²) in [5.41, 5.74) is -0.333. The fraction of sp³-hybridized carbons (Fsp3) is 0.222. The predicted octanol–water partition coefficient (Wildman–Crippen LogP) is 3.08. The van der Waals surface area contributed by atoms with Gasteiger partial charge in [0, 0.05) is 6.54 Å². The molecular formula is C9H5NO2S5. The Morgan fingerprint density at radius 1 is 1.00 bits per heavy atom. The number of nitrogens with zero attached hydrogens (tertiary/aromatic N) is 1. The fourth-order valence-electron chi connectivity index (χ4n) is 1.56. The van der Waals surface area contributed by atoms with Gasteiger partial charge in [-0.3, -0.25) is 14.2 Å². The molecule has 0 saturated carbocycles. The third-order valence-electron chi connectivity index (χ3n) is 2.31. The van der Waals surface area contributed by atoms with Crippen LogP contribution in [0.3, 0.4) is 0 Å². The molecule has 0 N–H and O–H groups in total. The zero-order valence-corrected chi connectivity index (χ0v) is 12.6. The minimum absolute atomic E-state index is 0.167. The Labute approximate surface area is 116 Å². The van der Waals surface area contributed by atoms with E-state index in [1.165, 1.54) is 49.9 Å². The molecule has 3 heterocycles. The highest BCUT2D eigenvalue weighted by molar-refractivity contribution is 7.78. The molecule has 0 atom stereocenters. The van der Waals surface area contributed by atoms with Crippen LogP contribution in [-0.2, 0) is 6.54 Å². The molecule has 0 radical (unpaired) electrons. The van der Waals surface area contributed by atoms with E-state index in [4.69, 9.17) is 12.2 Å². The van der Waals surface area contributed by atoms with Gasteiger partial charge in [0.1, 0.15) is 20.2 Å². The topological polar surface area (TPSA) is 39.1 Å². The first-order chi connectivity index (χ1) is 8.11. The van der Waals surface area contributed by atoms with E-state index in [2.05, 4.69) is 0 Å². The Morgan fingerprint density at radius 2 is 1.47 bits per heavy atom. The van der Waals surface area contributed by atoms with Crippen LogP contribution < -0.4 is 11.1 Å². The predicted molar refractivity (Wildman–Crippen MR) is 77.8 cm³/mol. The van der Waals surface area contributed by atoms with Gasteiger partial charge in [-0.05, 0) is 6.92 Å². The summed E-state index contributed by atoms with van der Waals surface area (Å²) < 4.78 is 5.35. The summed E-state index contributed by atoms with van der Waals surface area (Å²) in [5, 5.41) is 0. The van der Waals surface area contributed by atoms with Crippen molar-refractivity contribution in [2.75, 3.05) is 0 Å². The first kappa shape index (κ1) is 11.7. The van der Waals surface area contributed by atoms with Gasteiger partial charge in [0.05, 0.1) is 0 Å². The first-order valence-corrected chi connectivity index (χ1v) is 8.39. The molecule has 2 aliphatic rings. The molecule has 1 aromatic heterocycles. The van der Waals surface area contributed by atoms with Crippen LogP contribution in [0.1, 0.15) is 6.92 Å². The first-order valence-electron chi connectivity index (χ1n) is 4.72. The molecule has 0 saturated heterocycles. The molecule has 0 amide bonds. The maximum atomic E-state index is 12.0. The van der Waals surface area contributed by atoms with Crippen molar-refractivity contribution in [3.8, 4) is 0 Å². The van der Waals surface area contributed by atoms with Crippen LogP contribution in [0.4, 0.5) is 0 Å². The second kappa shape index (κ2) is 4.06. The Bertz CT molecular complexity index is 866. The van der Waals surface area contributed by atoms with Crippen LogP contribution >= 0.6 is 57.6 Å². The second-order valence-corrected chi connectivity index (χ2v) is 9.03. The quantitative estimate of drug-likeness (QED) is 0.647. The number of hydrogen-bond acceptors (Lipinski definition) is 7. The van der Waals surface area contributed by atoms with Crippen molar-refractivity contribution < 1.29 is 0 Å². The van der Waals surface area contributed by atoms with Crippen LogP contribution in [-0.4, -0.2) is 4.57 Å². The largest absolute Gasteiger partial charge is 0.273 e. The van der Waals surface area contributed by atoms with Gasteiger partial charge in [0.2, 0.25) is 0 Å². The maximum absolute atomic E-state index is 12.0. The number of rotatable bonds is 1. The van der Waals surface area contributed by atoms with Gasteiger partial charge in [0.25, 0.3) is 11.1 Å². The lowest BCUT2D eigenvalue weighted by atomic mass is 10.7. The maximum Gasteiger partial charge on any atom is 0.272 e. The summed E-state index contributed by atoms with van der Waals surface area (Å²) in [6, 6.07) is 0. The van der Waals surface area contributed by atoms with Gasteiger partial charge in [-0.1, -0.05) is 12.2 Å². The van der Waals surface area contributed by atoms with Crippen molar-refractivity contribution in [3.05, 3.63) is 32.9 Å². The van der Waals surface area contributed by atoms with Crippen LogP contribution in [0.5, 0.6) is 0 Å². The zero-order valence-electron chi connectivity index (χ0n) is 8.51. The van der Waals surface area contributed by atoms with E-state index in [0.717, 1.165) is 11.2 Å². The summed E-state index contributed by atoms with van der Waals surface area (Å²) in [5.74, 6) is 0. The minimum atomic E-state index is -0.167. The van der Waals surface area contributed by atoms with Gasteiger partial charge in [-0.25, -0.2) is 0 Å². The summed E-state index contributed by atoms with van der Waals surface area (Å²) in [6.45, 7) is 2.23. The summed E-state index contributed by atoms with van der Waals surface area (Å²) in [4.78, 5) is 24.0. The van der Waals surface area contributed by atoms with Gasteiger partial charge in [0.15, 0.2) is 0 Å². The van der Waals surface area contributed by atoms with E-state index in [1.807, 2.05) is 6.92 Å². The minimum Gasteiger partial charge on any atom is -0.273 e. The van der Waals surface area contributed by atoms with Crippen molar-refractivity contribution in [1.82, 2.24) is 4.57 Å². The molecule has 2 aliphatic heterocycles. The summed E-state index contributed by atoms with van der Waals surface area (Å²) >= 11 is 10.9. The lowest BCUT2D eigenvalue weighted by molar-refractivity contribution is 0.714. The van der Waals surface area contributed by atoms with Crippen molar-refractivity contribution in [2.24, 2.45) is 0 Å². The Hall–Kier alpha value is -0.410. The summed E-state index contributed by atoms with van der Waals surface area (Å²) in [6.07, 6.45) is 0.